The van der Waals surface area contributed by atoms with Gasteiger partial charge in [-0.1, -0.05) is 26.0 Å². The first-order valence-corrected chi connectivity index (χ1v) is 14.4. The number of nitrogens with one attached hydrogen (secondary N) is 1. The summed E-state index contributed by atoms with van der Waals surface area (Å²) in [5, 5.41) is 13.1. The zero-order valence-corrected chi connectivity index (χ0v) is 25.2. The third-order valence-electron chi connectivity index (χ3n) is 7.58. The number of likely N-dealkylation sites (N-methyl/N-ethyl adjacent to an activating group) is 1. The number of aliphatic hydroxyl groups excluding tert-OH is 1. The van der Waals surface area contributed by atoms with E-state index in [9.17, 15) is 23.9 Å². The zero-order chi connectivity index (χ0) is 30.8. The molecule has 0 saturated carbocycles. The fourth-order valence-electron chi connectivity index (χ4n) is 5.07. The predicted octanol–water partition coefficient (Wildman–Crippen LogP) is 3.85. The second kappa shape index (κ2) is 15.8. The molecule has 3 rings (SSSR count). The summed E-state index contributed by atoms with van der Waals surface area (Å²) in [5.41, 5.74) is 1.36. The van der Waals surface area contributed by atoms with Gasteiger partial charge in [0, 0.05) is 44.9 Å². The lowest BCUT2D eigenvalue weighted by atomic mass is 9.91. The molecule has 232 valence electrons. The monoisotopic (exact) mass is 589 g/mol. The van der Waals surface area contributed by atoms with E-state index in [2.05, 4.69) is 10.2 Å². The second-order valence-corrected chi connectivity index (χ2v) is 11.3. The summed E-state index contributed by atoms with van der Waals surface area (Å²) in [6.45, 7) is 8.18. The number of aliphatic hydroxyl groups is 1. The van der Waals surface area contributed by atoms with Gasteiger partial charge in [0.25, 0.3) is 0 Å². The summed E-state index contributed by atoms with van der Waals surface area (Å²) in [5.74, 6) is -1.94. The quantitative estimate of drug-likeness (QED) is 0.380. The number of esters is 1. The van der Waals surface area contributed by atoms with Gasteiger partial charge in [-0.05, 0) is 68.1 Å². The van der Waals surface area contributed by atoms with Crippen LogP contribution < -0.4 is 5.32 Å². The number of carbonyl (C=O) groups is 3. The zero-order valence-electron chi connectivity index (χ0n) is 25.2. The van der Waals surface area contributed by atoms with Crippen LogP contribution in [0.3, 0.4) is 0 Å². The van der Waals surface area contributed by atoms with Crippen LogP contribution in [-0.4, -0.2) is 98.1 Å². The molecule has 0 radical (unpaired) electrons. The first kappa shape index (κ1) is 33.2. The van der Waals surface area contributed by atoms with Gasteiger partial charge in [0.15, 0.2) is 0 Å². The highest BCUT2D eigenvalue weighted by Gasteiger charge is 2.29. The van der Waals surface area contributed by atoms with Gasteiger partial charge in [-0.2, -0.15) is 0 Å². The van der Waals surface area contributed by atoms with Gasteiger partial charge < -0.3 is 34.4 Å². The molecule has 2 aliphatic heterocycles. The van der Waals surface area contributed by atoms with E-state index in [0.29, 0.717) is 37.1 Å². The van der Waals surface area contributed by atoms with E-state index < -0.39 is 36.0 Å². The van der Waals surface area contributed by atoms with Crippen molar-refractivity contribution in [1.82, 2.24) is 9.80 Å². The van der Waals surface area contributed by atoms with E-state index >= 15 is 0 Å². The predicted molar refractivity (Wildman–Crippen MR) is 157 cm³/mol. The van der Waals surface area contributed by atoms with Gasteiger partial charge in [-0.15, -0.1) is 0 Å². The fraction of sp³-hybridized carbons (Fsp3) is 0.581. The molecule has 11 heteroatoms. The van der Waals surface area contributed by atoms with Crippen LogP contribution in [-0.2, 0) is 23.8 Å². The molecule has 42 heavy (non-hydrogen) atoms. The van der Waals surface area contributed by atoms with Crippen molar-refractivity contribution in [3.63, 3.8) is 0 Å². The molecule has 2 heterocycles. The Morgan fingerprint density at radius 3 is 2.55 bits per heavy atom. The van der Waals surface area contributed by atoms with Crippen LogP contribution in [0.25, 0.3) is 6.08 Å². The first-order valence-electron chi connectivity index (χ1n) is 14.4. The molecule has 2 N–H and O–H groups in total. The lowest BCUT2D eigenvalue weighted by Gasteiger charge is -2.33. The molecule has 0 unspecified atom stereocenters. The Balaban J connectivity index is 1.85. The molecule has 0 bridgehead atoms. The van der Waals surface area contributed by atoms with E-state index in [1.54, 1.807) is 24.0 Å². The largest absolute Gasteiger partial charge is 0.457 e. The van der Waals surface area contributed by atoms with E-state index in [1.807, 2.05) is 33.0 Å². The van der Waals surface area contributed by atoms with Gasteiger partial charge in [-0.25, -0.2) is 9.18 Å². The standard InChI is InChI=1S/C31H44FN3O7/c1-20-6-8-26(36)18-29(38)42-30(21(2)7-9-27(20)41-31(39)35-12-10-34(4)11-13-35)22(3)14-23-15-24(32)17-25(16-23)33-28(37)19-40-5/h7,9,14-17,20-21,26-27,30,36H,6,8,10-13,18-19H2,1-5H3,(H,33,37)/b9-7+,22-14+/t20-,21+,26+,27+,30+/m1/s1. The molecule has 0 aliphatic carbocycles. The number of nitrogens with zero attached hydrogens (tertiary/aromatic N) is 2. The lowest BCUT2D eigenvalue weighted by molar-refractivity contribution is -0.151. The van der Waals surface area contributed by atoms with Crippen LogP contribution in [0.1, 0.15) is 45.6 Å². The van der Waals surface area contributed by atoms with Crippen molar-refractivity contribution < 1.29 is 38.1 Å². The number of halogens is 1. The minimum atomic E-state index is -0.904. The molecule has 1 aromatic rings. The van der Waals surface area contributed by atoms with Crippen molar-refractivity contribution in [2.24, 2.45) is 11.8 Å². The number of piperazine rings is 1. The number of ether oxygens (including phenoxy) is 3. The van der Waals surface area contributed by atoms with Gasteiger partial charge in [0.05, 0.1) is 12.5 Å². The smallest absolute Gasteiger partial charge is 0.410 e. The number of benzene rings is 1. The number of hydrogen-bond acceptors (Lipinski definition) is 8. The van der Waals surface area contributed by atoms with Crippen molar-refractivity contribution in [1.29, 1.82) is 0 Å². The molecule has 2 aliphatic rings. The molecule has 0 aromatic heterocycles. The average Bonchev–Trinajstić information content (AvgIpc) is 2.91. The number of anilines is 1. The summed E-state index contributed by atoms with van der Waals surface area (Å²) < 4.78 is 31.0. The van der Waals surface area contributed by atoms with Crippen LogP contribution in [0.2, 0.25) is 0 Å². The highest BCUT2D eigenvalue weighted by Crippen LogP contribution is 2.26. The highest BCUT2D eigenvalue weighted by molar-refractivity contribution is 5.92. The van der Waals surface area contributed by atoms with Crippen molar-refractivity contribution in [3.05, 3.63) is 47.3 Å². The molecule has 0 spiro atoms. The Morgan fingerprint density at radius 2 is 1.86 bits per heavy atom. The molecule has 10 nitrogen and oxygen atoms in total. The molecular weight excluding hydrogens is 545 g/mol. The normalized spacial score (nSPS) is 27.3. The van der Waals surface area contributed by atoms with Gasteiger partial charge in [-0.3, -0.25) is 9.59 Å². The van der Waals surface area contributed by atoms with E-state index in [1.165, 1.54) is 19.2 Å². The summed E-state index contributed by atoms with van der Waals surface area (Å²) >= 11 is 0. The topological polar surface area (TPSA) is 118 Å². The molecular formula is C31H44FN3O7. The van der Waals surface area contributed by atoms with Gasteiger partial charge >= 0.3 is 12.1 Å². The number of hydrogen-bond donors (Lipinski definition) is 2. The number of rotatable bonds is 6. The summed E-state index contributed by atoms with van der Waals surface area (Å²) in [4.78, 5) is 41.5. The second-order valence-electron chi connectivity index (χ2n) is 11.3. The molecule has 1 fully saturated rings. The van der Waals surface area contributed by atoms with E-state index in [0.717, 1.165) is 13.1 Å². The van der Waals surface area contributed by atoms with Gasteiger partial charge in [0.1, 0.15) is 24.6 Å². The number of methoxy groups -OCH3 is 1. The van der Waals surface area contributed by atoms with Crippen molar-refractivity contribution >= 4 is 29.7 Å². The van der Waals surface area contributed by atoms with E-state index in [-0.39, 0.29) is 36.6 Å². The minimum Gasteiger partial charge on any atom is -0.457 e. The average molecular weight is 590 g/mol. The van der Waals surface area contributed by atoms with Crippen LogP contribution in [0.5, 0.6) is 0 Å². The maximum absolute atomic E-state index is 14.4. The van der Waals surface area contributed by atoms with Crippen molar-refractivity contribution in [2.75, 3.05) is 52.3 Å². The fourth-order valence-corrected chi connectivity index (χ4v) is 5.07. The van der Waals surface area contributed by atoms with Crippen LogP contribution >= 0.6 is 0 Å². The Morgan fingerprint density at radius 1 is 1.14 bits per heavy atom. The van der Waals surface area contributed by atoms with Crippen LogP contribution in [0, 0.1) is 17.7 Å². The SMILES string of the molecule is COCC(=O)Nc1cc(F)cc(/C=C(\C)[C@H]2OC(=O)C[C@@H](O)CC[C@@H](C)[C@@H](OC(=O)N3CCN(C)CC3)/C=C/[C@@H]2C)c1. The number of cyclic esters (lactones) is 1. The highest BCUT2D eigenvalue weighted by atomic mass is 19.1. The van der Waals surface area contributed by atoms with Crippen molar-refractivity contribution in [2.45, 2.75) is 58.3 Å². The van der Waals surface area contributed by atoms with Crippen LogP contribution in [0.4, 0.5) is 14.9 Å². The Labute approximate surface area is 247 Å². The van der Waals surface area contributed by atoms with Crippen LogP contribution in [0.15, 0.2) is 35.9 Å². The number of amides is 2. The summed E-state index contributed by atoms with van der Waals surface area (Å²) in [6, 6.07) is 4.12. The third-order valence-corrected chi connectivity index (χ3v) is 7.58. The maximum Gasteiger partial charge on any atom is 0.410 e. The van der Waals surface area contributed by atoms with Crippen molar-refractivity contribution in [3.8, 4) is 0 Å². The van der Waals surface area contributed by atoms with Gasteiger partial charge in [0.2, 0.25) is 5.91 Å². The van der Waals surface area contributed by atoms with E-state index in [4.69, 9.17) is 14.2 Å². The molecule has 2 amide bonds. The minimum absolute atomic E-state index is 0.0934. The summed E-state index contributed by atoms with van der Waals surface area (Å²) in [6.07, 6.45) is 3.57. The third kappa shape index (κ3) is 10.2. The lowest BCUT2D eigenvalue weighted by Crippen LogP contribution is -2.48. The maximum atomic E-state index is 14.4. The Kier molecular flexibility index (Phi) is 12.5. The Bertz CT molecular complexity index is 1150. The molecule has 1 saturated heterocycles. The number of carbonyl (C=O) groups excluding carboxylic acids is 3. The Hall–Kier alpha value is -3.28. The molecule has 5 atom stereocenters. The molecule has 1 aromatic carbocycles. The first-order chi connectivity index (χ1) is 19.9. The summed E-state index contributed by atoms with van der Waals surface area (Å²) in [7, 11) is 3.41.